The van der Waals surface area contributed by atoms with Crippen molar-refractivity contribution in [2.45, 2.75) is 38.6 Å². The maximum atomic E-state index is 12.0. The zero-order chi connectivity index (χ0) is 18.9. The third-order valence-electron chi connectivity index (χ3n) is 3.46. The van der Waals surface area contributed by atoms with E-state index in [0.717, 1.165) is 0 Å². The SMILES string of the molecule is CC(N)CCC(=O)Nc1ccc(N=Nc2nccs2)c(CCC(=O)O)c1. The molecule has 1 aromatic heterocycles. The van der Waals surface area contributed by atoms with Crippen molar-refractivity contribution in [3.63, 3.8) is 0 Å². The smallest absolute Gasteiger partial charge is 0.303 e. The van der Waals surface area contributed by atoms with E-state index in [0.29, 0.717) is 34.9 Å². The summed E-state index contributed by atoms with van der Waals surface area (Å²) in [5, 5.41) is 22.2. The highest BCUT2D eigenvalue weighted by Gasteiger charge is 2.09. The van der Waals surface area contributed by atoms with Crippen LogP contribution in [-0.2, 0) is 16.0 Å². The van der Waals surface area contributed by atoms with E-state index in [1.54, 1.807) is 29.8 Å². The molecule has 0 bridgehead atoms. The molecule has 0 saturated heterocycles. The van der Waals surface area contributed by atoms with E-state index in [1.165, 1.54) is 11.3 Å². The molecule has 2 aromatic rings. The lowest BCUT2D eigenvalue weighted by Gasteiger charge is -2.10. The van der Waals surface area contributed by atoms with Gasteiger partial charge in [0.15, 0.2) is 0 Å². The van der Waals surface area contributed by atoms with Gasteiger partial charge in [-0.1, -0.05) is 0 Å². The highest BCUT2D eigenvalue weighted by atomic mass is 32.1. The predicted octanol–water partition coefficient (Wildman–Crippen LogP) is 3.64. The second-order valence-electron chi connectivity index (χ2n) is 5.82. The molecule has 1 heterocycles. The van der Waals surface area contributed by atoms with E-state index in [-0.39, 0.29) is 24.8 Å². The lowest BCUT2D eigenvalue weighted by atomic mass is 10.1. The van der Waals surface area contributed by atoms with Crippen LogP contribution in [0.25, 0.3) is 0 Å². The molecule has 9 heteroatoms. The van der Waals surface area contributed by atoms with Gasteiger partial charge in [-0.05, 0) is 43.5 Å². The Labute approximate surface area is 155 Å². The first-order chi connectivity index (χ1) is 12.4. The Kier molecular flexibility index (Phi) is 7.37. The first-order valence-corrected chi connectivity index (χ1v) is 9.03. The van der Waals surface area contributed by atoms with Gasteiger partial charge >= 0.3 is 5.97 Å². The van der Waals surface area contributed by atoms with E-state index < -0.39 is 5.97 Å². The predicted molar refractivity (Wildman–Crippen MR) is 100 cm³/mol. The second kappa shape index (κ2) is 9.73. The molecule has 1 aromatic carbocycles. The molecule has 26 heavy (non-hydrogen) atoms. The molecule has 2 rings (SSSR count). The molecule has 0 spiro atoms. The lowest BCUT2D eigenvalue weighted by Crippen LogP contribution is -2.19. The summed E-state index contributed by atoms with van der Waals surface area (Å²) in [7, 11) is 0. The number of hydrogen-bond donors (Lipinski definition) is 3. The van der Waals surface area contributed by atoms with Crippen molar-refractivity contribution < 1.29 is 14.7 Å². The third-order valence-corrected chi connectivity index (χ3v) is 4.12. The van der Waals surface area contributed by atoms with Crippen LogP contribution in [0.4, 0.5) is 16.5 Å². The van der Waals surface area contributed by atoms with Crippen LogP contribution in [-0.4, -0.2) is 28.0 Å². The van der Waals surface area contributed by atoms with Crippen molar-refractivity contribution in [3.05, 3.63) is 35.3 Å². The number of amides is 1. The van der Waals surface area contributed by atoms with Crippen LogP contribution in [0.3, 0.4) is 0 Å². The number of benzene rings is 1. The van der Waals surface area contributed by atoms with Gasteiger partial charge in [0.1, 0.15) is 0 Å². The van der Waals surface area contributed by atoms with Crippen LogP contribution < -0.4 is 11.1 Å². The number of carbonyl (C=O) groups excluding carboxylic acids is 1. The average Bonchev–Trinajstić information content (AvgIpc) is 3.10. The molecule has 0 aliphatic rings. The molecule has 0 fully saturated rings. The Morgan fingerprint density at radius 2 is 2.15 bits per heavy atom. The summed E-state index contributed by atoms with van der Waals surface area (Å²) in [6, 6.07) is 5.10. The molecule has 8 nitrogen and oxygen atoms in total. The third kappa shape index (κ3) is 6.69. The van der Waals surface area contributed by atoms with Crippen molar-refractivity contribution in [3.8, 4) is 0 Å². The van der Waals surface area contributed by atoms with Crippen molar-refractivity contribution >= 4 is 39.7 Å². The van der Waals surface area contributed by atoms with Crippen LogP contribution in [0.5, 0.6) is 0 Å². The van der Waals surface area contributed by atoms with E-state index in [2.05, 4.69) is 20.5 Å². The number of aliphatic carboxylic acids is 1. The number of carboxylic acids is 1. The quantitative estimate of drug-likeness (QED) is 0.576. The van der Waals surface area contributed by atoms with Gasteiger partial charge in [-0.3, -0.25) is 9.59 Å². The summed E-state index contributed by atoms with van der Waals surface area (Å²) >= 11 is 1.35. The summed E-state index contributed by atoms with van der Waals surface area (Å²) in [6.07, 6.45) is 2.80. The largest absolute Gasteiger partial charge is 0.481 e. The number of anilines is 1. The van der Waals surface area contributed by atoms with E-state index in [1.807, 2.05) is 6.92 Å². The number of rotatable bonds is 9. The van der Waals surface area contributed by atoms with Crippen LogP contribution in [0.1, 0.15) is 31.7 Å². The molecule has 0 radical (unpaired) electrons. The molecule has 4 N–H and O–H groups in total. The molecule has 0 saturated carbocycles. The Morgan fingerprint density at radius 1 is 1.35 bits per heavy atom. The van der Waals surface area contributed by atoms with E-state index in [9.17, 15) is 9.59 Å². The van der Waals surface area contributed by atoms with Crippen LogP contribution >= 0.6 is 11.3 Å². The Bertz CT molecular complexity index is 775. The number of azo groups is 1. The molecule has 1 atom stereocenters. The Hall–Kier alpha value is -2.65. The first-order valence-electron chi connectivity index (χ1n) is 8.15. The van der Waals surface area contributed by atoms with E-state index in [4.69, 9.17) is 10.8 Å². The second-order valence-corrected chi connectivity index (χ2v) is 6.69. The van der Waals surface area contributed by atoms with Gasteiger partial charge in [0, 0.05) is 36.1 Å². The topological polar surface area (TPSA) is 130 Å². The number of aryl methyl sites for hydroxylation is 1. The number of hydrogen-bond acceptors (Lipinski definition) is 7. The Balaban J connectivity index is 2.14. The number of nitrogens with one attached hydrogen (secondary N) is 1. The maximum Gasteiger partial charge on any atom is 0.303 e. The molecular formula is C17H21N5O3S. The monoisotopic (exact) mass is 375 g/mol. The molecular weight excluding hydrogens is 354 g/mol. The van der Waals surface area contributed by atoms with Gasteiger partial charge in [-0.25, -0.2) is 4.98 Å². The standard InChI is InChI=1S/C17H21N5O3S/c1-11(18)2-6-15(23)20-13-4-5-14(12(10-13)3-7-16(24)25)21-22-17-19-8-9-26-17/h4-5,8-11H,2-3,6-7,18H2,1H3,(H,20,23)(H,24,25). The summed E-state index contributed by atoms with van der Waals surface area (Å²) < 4.78 is 0. The highest BCUT2D eigenvalue weighted by Crippen LogP contribution is 2.27. The molecule has 1 amide bonds. The first kappa shape index (κ1) is 19.7. The highest BCUT2D eigenvalue weighted by molar-refractivity contribution is 7.13. The fraction of sp³-hybridized carbons (Fsp3) is 0.353. The summed E-state index contributed by atoms with van der Waals surface area (Å²) in [4.78, 5) is 26.9. The summed E-state index contributed by atoms with van der Waals surface area (Å²) in [6.45, 7) is 1.85. The fourth-order valence-electron chi connectivity index (χ4n) is 2.15. The normalized spacial score (nSPS) is 12.2. The van der Waals surface area contributed by atoms with Gasteiger partial charge in [-0.2, -0.15) is 0 Å². The fourth-order valence-corrected chi connectivity index (χ4v) is 2.60. The molecule has 138 valence electrons. The zero-order valence-electron chi connectivity index (χ0n) is 14.4. The number of thiazole rings is 1. The zero-order valence-corrected chi connectivity index (χ0v) is 15.2. The minimum atomic E-state index is -0.904. The molecule has 0 aliphatic heterocycles. The number of nitrogens with zero attached hydrogens (tertiary/aromatic N) is 3. The van der Waals surface area contributed by atoms with Crippen LogP contribution in [0.2, 0.25) is 0 Å². The minimum absolute atomic E-state index is 0.0398. The van der Waals surface area contributed by atoms with E-state index >= 15 is 0 Å². The average molecular weight is 375 g/mol. The van der Waals surface area contributed by atoms with Gasteiger partial charge in [0.05, 0.1) is 5.69 Å². The molecule has 1 unspecified atom stereocenters. The van der Waals surface area contributed by atoms with Crippen LogP contribution in [0.15, 0.2) is 40.0 Å². The maximum absolute atomic E-state index is 12.0. The minimum Gasteiger partial charge on any atom is -0.481 e. The van der Waals surface area contributed by atoms with Gasteiger partial charge in [0.25, 0.3) is 0 Å². The number of nitrogens with two attached hydrogens (primary N) is 1. The summed E-state index contributed by atoms with van der Waals surface area (Å²) in [5.74, 6) is -1.04. The van der Waals surface area contributed by atoms with Gasteiger partial charge in [0.2, 0.25) is 11.0 Å². The number of aromatic nitrogens is 1. The van der Waals surface area contributed by atoms with Crippen molar-refractivity contribution in [1.29, 1.82) is 0 Å². The van der Waals surface area contributed by atoms with Crippen molar-refractivity contribution in [2.24, 2.45) is 16.0 Å². The molecule has 0 aliphatic carbocycles. The lowest BCUT2D eigenvalue weighted by molar-refractivity contribution is -0.137. The van der Waals surface area contributed by atoms with Crippen LogP contribution in [0, 0.1) is 0 Å². The number of carboxylic acid groups (broad SMARTS) is 1. The van der Waals surface area contributed by atoms with Crippen molar-refractivity contribution in [1.82, 2.24) is 4.98 Å². The Morgan fingerprint density at radius 3 is 2.81 bits per heavy atom. The van der Waals surface area contributed by atoms with Gasteiger partial charge < -0.3 is 16.2 Å². The summed E-state index contributed by atoms with van der Waals surface area (Å²) in [5.41, 5.74) is 7.49. The van der Waals surface area contributed by atoms with Gasteiger partial charge in [-0.15, -0.1) is 21.6 Å². The number of carbonyl (C=O) groups is 2. The van der Waals surface area contributed by atoms with Crippen molar-refractivity contribution in [2.75, 3.05) is 5.32 Å².